The molecule has 1 fully saturated rings. The van der Waals surface area contributed by atoms with E-state index in [1.807, 2.05) is 0 Å². The lowest BCUT2D eigenvalue weighted by molar-refractivity contribution is 0.115. The van der Waals surface area contributed by atoms with Gasteiger partial charge in [0.25, 0.3) is 0 Å². The van der Waals surface area contributed by atoms with Gasteiger partial charge in [0.1, 0.15) is 0 Å². The third-order valence-electron chi connectivity index (χ3n) is 3.52. The molecule has 0 radical (unpaired) electrons. The van der Waals surface area contributed by atoms with Crippen LogP contribution in [0.5, 0.6) is 0 Å². The molecular weight excluding hydrogens is 188 g/mol. The summed E-state index contributed by atoms with van der Waals surface area (Å²) in [5.74, 6) is 0.389. The smallest absolute Gasteiger partial charge is 0.0468 e. The Kier molecular flexibility index (Phi) is 5.58. The van der Waals surface area contributed by atoms with Crippen molar-refractivity contribution in [1.29, 1.82) is 0 Å². The molecule has 0 spiro atoms. The van der Waals surface area contributed by atoms with Crippen molar-refractivity contribution in [3.8, 4) is 0 Å². The summed E-state index contributed by atoms with van der Waals surface area (Å²) in [6, 6.07) is 1.12. The molecule has 0 aromatic heterocycles. The topological polar surface area (TPSA) is 49.5 Å². The zero-order chi connectivity index (χ0) is 11.3. The van der Waals surface area contributed by atoms with Crippen molar-refractivity contribution in [2.45, 2.75) is 51.6 Å². The summed E-state index contributed by atoms with van der Waals surface area (Å²) in [7, 11) is 0. The largest absolute Gasteiger partial charge is 0.396 e. The van der Waals surface area contributed by atoms with Crippen LogP contribution < -0.4 is 5.73 Å². The summed E-state index contributed by atoms with van der Waals surface area (Å²) in [6.45, 7) is 6.72. The Bertz CT molecular complexity index is 167. The fourth-order valence-electron chi connectivity index (χ4n) is 2.46. The Morgan fingerprint density at radius 1 is 1.33 bits per heavy atom. The number of nitrogens with zero attached hydrogens (tertiary/aromatic N) is 1. The standard InChI is InChI=1S/C12H26N2O/c1-3-14(8-10(2)9-15)12-6-4-11(13)5-7-12/h10-12,15H,3-9,13H2,1-2H3. The van der Waals surface area contributed by atoms with Gasteiger partial charge < -0.3 is 15.7 Å². The highest BCUT2D eigenvalue weighted by Crippen LogP contribution is 2.22. The maximum atomic E-state index is 9.07. The van der Waals surface area contributed by atoms with Crippen LogP contribution in [-0.4, -0.2) is 41.8 Å². The molecule has 3 N–H and O–H groups in total. The molecule has 1 aliphatic carbocycles. The van der Waals surface area contributed by atoms with E-state index in [0.717, 1.165) is 25.9 Å². The average molecular weight is 214 g/mol. The van der Waals surface area contributed by atoms with Crippen molar-refractivity contribution >= 4 is 0 Å². The van der Waals surface area contributed by atoms with E-state index in [0.29, 0.717) is 24.6 Å². The van der Waals surface area contributed by atoms with Crippen molar-refractivity contribution in [1.82, 2.24) is 4.90 Å². The second-order valence-corrected chi connectivity index (χ2v) is 4.94. The molecule has 0 aromatic carbocycles. The third-order valence-corrected chi connectivity index (χ3v) is 3.52. The van der Waals surface area contributed by atoms with Crippen LogP contribution in [0.3, 0.4) is 0 Å². The Morgan fingerprint density at radius 3 is 2.40 bits per heavy atom. The molecular formula is C12H26N2O. The van der Waals surface area contributed by atoms with Gasteiger partial charge in [0.2, 0.25) is 0 Å². The highest BCUT2D eigenvalue weighted by molar-refractivity contribution is 4.81. The Labute approximate surface area is 93.6 Å². The molecule has 1 saturated carbocycles. The maximum Gasteiger partial charge on any atom is 0.0468 e. The van der Waals surface area contributed by atoms with Crippen LogP contribution in [0.1, 0.15) is 39.5 Å². The molecule has 1 rings (SSSR count). The normalized spacial score (nSPS) is 29.4. The van der Waals surface area contributed by atoms with Crippen LogP contribution in [0.25, 0.3) is 0 Å². The minimum absolute atomic E-state index is 0.294. The summed E-state index contributed by atoms with van der Waals surface area (Å²) in [4.78, 5) is 2.51. The van der Waals surface area contributed by atoms with Crippen molar-refractivity contribution < 1.29 is 5.11 Å². The second kappa shape index (κ2) is 6.46. The Hall–Kier alpha value is -0.120. The Balaban J connectivity index is 2.37. The van der Waals surface area contributed by atoms with Crippen molar-refractivity contribution in [2.24, 2.45) is 11.7 Å². The minimum atomic E-state index is 0.294. The summed E-state index contributed by atoms with van der Waals surface area (Å²) in [5.41, 5.74) is 5.91. The number of hydrogen-bond acceptors (Lipinski definition) is 3. The molecule has 0 aliphatic heterocycles. The highest BCUT2D eigenvalue weighted by atomic mass is 16.3. The van der Waals surface area contributed by atoms with E-state index < -0.39 is 0 Å². The number of nitrogens with two attached hydrogens (primary N) is 1. The van der Waals surface area contributed by atoms with Gasteiger partial charge in [-0.2, -0.15) is 0 Å². The van der Waals surface area contributed by atoms with Gasteiger partial charge in [-0.05, 0) is 38.1 Å². The van der Waals surface area contributed by atoms with E-state index in [-0.39, 0.29) is 0 Å². The van der Waals surface area contributed by atoms with Crippen LogP contribution in [0.2, 0.25) is 0 Å². The number of rotatable bonds is 5. The molecule has 0 heterocycles. The molecule has 0 amide bonds. The molecule has 15 heavy (non-hydrogen) atoms. The fraction of sp³-hybridized carbons (Fsp3) is 1.00. The predicted molar refractivity (Wildman–Crippen MR) is 63.7 cm³/mol. The predicted octanol–water partition coefficient (Wildman–Crippen LogP) is 1.21. The minimum Gasteiger partial charge on any atom is -0.396 e. The van der Waals surface area contributed by atoms with Gasteiger partial charge in [0.15, 0.2) is 0 Å². The summed E-state index contributed by atoms with van der Waals surface area (Å²) in [5, 5.41) is 9.07. The van der Waals surface area contributed by atoms with Gasteiger partial charge in [-0.25, -0.2) is 0 Å². The molecule has 0 aromatic rings. The molecule has 1 atom stereocenters. The summed E-state index contributed by atoms with van der Waals surface area (Å²) in [6.07, 6.45) is 4.78. The molecule has 3 heteroatoms. The highest BCUT2D eigenvalue weighted by Gasteiger charge is 2.23. The van der Waals surface area contributed by atoms with Gasteiger partial charge in [0, 0.05) is 25.2 Å². The zero-order valence-electron chi connectivity index (χ0n) is 10.2. The SMILES string of the molecule is CCN(CC(C)CO)C1CCC(N)CC1. The van der Waals surface area contributed by atoms with Gasteiger partial charge in [-0.15, -0.1) is 0 Å². The first kappa shape index (κ1) is 12.9. The number of aliphatic hydroxyl groups excluding tert-OH is 1. The molecule has 1 unspecified atom stereocenters. The maximum absolute atomic E-state index is 9.07. The lowest BCUT2D eigenvalue weighted by atomic mass is 9.90. The first-order valence-electron chi connectivity index (χ1n) is 6.27. The quantitative estimate of drug-likeness (QED) is 0.723. The monoisotopic (exact) mass is 214 g/mol. The van der Waals surface area contributed by atoms with Crippen LogP contribution in [0, 0.1) is 5.92 Å². The number of aliphatic hydroxyl groups is 1. The van der Waals surface area contributed by atoms with Crippen LogP contribution in [-0.2, 0) is 0 Å². The van der Waals surface area contributed by atoms with E-state index in [1.54, 1.807) is 0 Å². The second-order valence-electron chi connectivity index (χ2n) is 4.94. The van der Waals surface area contributed by atoms with Crippen molar-refractivity contribution in [2.75, 3.05) is 19.7 Å². The summed E-state index contributed by atoms with van der Waals surface area (Å²) >= 11 is 0. The van der Waals surface area contributed by atoms with Gasteiger partial charge in [0.05, 0.1) is 0 Å². The van der Waals surface area contributed by atoms with Crippen LogP contribution in [0.15, 0.2) is 0 Å². The molecule has 0 saturated heterocycles. The lowest BCUT2D eigenvalue weighted by Crippen LogP contribution is -2.43. The van der Waals surface area contributed by atoms with Crippen LogP contribution in [0.4, 0.5) is 0 Å². The average Bonchev–Trinajstić information content (AvgIpc) is 2.27. The van der Waals surface area contributed by atoms with Crippen LogP contribution >= 0.6 is 0 Å². The summed E-state index contributed by atoms with van der Waals surface area (Å²) < 4.78 is 0. The van der Waals surface area contributed by atoms with Crippen molar-refractivity contribution in [3.63, 3.8) is 0 Å². The van der Waals surface area contributed by atoms with E-state index in [4.69, 9.17) is 10.8 Å². The third kappa shape index (κ3) is 4.09. The van der Waals surface area contributed by atoms with Gasteiger partial charge in [-0.1, -0.05) is 13.8 Å². The molecule has 1 aliphatic rings. The van der Waals surface area contributed by atoms with E-state index in [9.17, 15) is 0 Å². The van der Waals surface area contributed by atoms with Crippen molar-refractivity contribution in [3.05, 3.63) is 0 Å². The lowest BCUT2D eigenvalue weighted by Gasteiger charge is -2.36. The number of hydrogen-bond donors (Lipinski definition) is 2. The van der Waals surface area contributed by atoms with E-state index in [2.05, 4.69) is 18.7 Å². The fourth-order valence-corrected chi connectivity index (χ4v) is 2.46. The first-order chi connectivity index (χ1) is 7.17. The first-order valence-corrected chi connectivity index (χ1v) is 6.27. The molecule has 3 nitrogen and oxygen atoms in total. The van der Waals surface area contributed by atoms with E-state index in [1.165, 1.54) is 12.8 Å². The zero-order valence-corrected chi connectivity index (χ0v) is 10.2. The molecule has 0 bridgehead atoms. The van der Waals surface area contributed by atoms with Gasteiger partial charge in [-0.3, -0.25) is 0 Å². The van der Waals surface area contributed by atoms with E-state index >= 15 is 0 Å². The van der Waals surface area contributed by atoms with Gasteiger partial charge >= 0.3 is 0 Å². The Morgan fingerprint density at radius 2 is 1.93 bits per heavy atom. The molecule has 90 valence electrons.